The van der Waals surface area contributed by atoms with Gasteiger partial charge in [0.1, 0.15) is 0 Å². The molecule has 2 rings (SSSR count). The van der Waals surface area contributed by atoms with Gasteiger partial charge in [-0.25, -0.2) is 0 Å². The SMILES string of the molecule is CC1CN(C(CN)c2ccc(C(C)(C)C)s2)CCCO1. The zero-order valence-electron chi connectivity index (χ0n) is 13.2. The van der Waals surface area contributed by atoms with Crippen LogP contribution in [0.1, 0.15) is 49.9 Å². The molecular formula is C16H28N2OS. The number of thiophene rings is 1. The van der Waals surface area contributed by atoms with Gasteiger partial charge in [-0.05, 0) is 30.9 Å². The highest BCUT2D eigenvalue weighted by Gasteiger charge is 2.26. The molecule has 114 valence electrons. The van der Waals surface area contributed by atoms with Gasteiger partial charge in [-0.3, -0.25) is 4.90 Å². The number of rotatable bonds is 3. The van der Waals surface area contributed by atoms with Crippen LogP contribution in [0.3, 0.4) is 0 Å². The third kappa shape index (κ3) is 3.82. The van der Waals surface area contributed by atoms with Crippen molar-refractivity contribution < 1.29 is 4.74 Å². The minimum absolute atomic E-state index is 0.219. The van der Waals surface area contributed by atoms with E-state index in [1.54, 1.807) is 0 Å². The second-order valence-electron chi connectivity index (χ2n) is 6.73. The maximum atomic E-state index is 6.07. The number of hydrogen-bond acceptors (Lipinski definition) is 4. The minimum Gasteiger partial charge on any atom is -0.377 e. The molecule has 2 atom stereocenters. The molecule has 1 fully saturated rings. The van der Waals surface area contributed by atoms with E-state index in [0.717, 1.165) is 26.1 Å². The van der Waals surface area contributed by atoms with Gasteiger partial charge in [0, 0.05) is 36.0 Å². The quantitative estimate of drug-likeness (QED) is 0.931. The Bertz CT molecular complexity index is 424. The summed E-state index contributed by atoms with van der Waals surface area (Å²) in [6.45, 7) is 12.6. The second kappa shape index (κ2) is 6.56. The van der Waals surface area contributed by atoms with E-state index >= 15 is 0 Å². The van der Waals surface area contributed by atoms with Crippen LogP contribution in [0.15, 0.2) is 12.1 Å². The smallest absolute Gasteiger partial charge is 0.0674 e. The highest BCUT2D eigenvalue weighted by atomic mass is 32.1. The molecule has 1 aliphatic rings. The highest BCUT2D eigenvalue weighted by Crippen LogP contribution is 2.34. The largest absolute Gasteiger partial charge is 0.377 e. The monoisotopic (exact) mass is 296 g/mol. The fourth-order valence-corrected chi connectivity index (χ4v) is 3.90. The number of hydrogen-bond donors (Lipinski definition) is 1. The van der Waals surface area contributed by atoms with E-state index < -0.39 is 0 Å². The molecule has 0 spiro atoms. The average molecular weight is 296 g/mol. The first-order chi connectivity index (χ1) is 9.41. The molecule has 4 heteroatoms. The summed E-state index contributed by atoms with van der Waals surface area (Å²) in [5.41, 5.74) is 6.29. The molecular weight excluding hydrogens is 268 g/mol. The van der Waals surface area contributed by atoms with Gasteiger partial charge in [-0.15, -0.1) is 11.3 Å². The van der Waals surface area contributed by atoms with Crippen molar-refractivity contribution in [2.75, 3.05) is 26.2 Å². The first kappa shape index (κ1) is 16.0. The summed E-state index contributed by atoms with van der Waals surface area (Å²) in [4.78, 5) is 5.33. The van der Waals surface area contributed by atoms with E-state index in [1.165, 1.54) is 9.75 Å². The Morgan fingerprint density at radius 1 is 1.45 bits per heavy atom. The highest BCUT2D eigenvalue weighted by molar-refractivity contribution is 7.12. The van der Waals surface area contributed by atoms with E-state index in [4.69, 9.17) is 10.5 Å². The maximum absolute atomic E-state index is 6.07. The Morgan fingerprint density at radius 3 is 2.80 bits per heavy atom. The second-order valence-corrected chi connectivity index (χ2v) is 7.85. The molecule has 1 saturated heterocycles. The molecule has 1 aromatic rings. The van der Waals surface area contributed by atoms with Gasteiger partial charge in [-0.2, -0.15) is 0 Å². The first-order valence-corrected chi connectivity index (χ1v) is 8.39. The lowest BCUT2D eigenvalue weighted by Crippen LogP contribution is -2.37. The molecule has 3 nitrogen and oxygen atoms in total. The van der Waals surface area contributed by atoms with Crippen molar-refractivity contribution in [2.24, 2.45) is 5.73 Å². The fourth-order valence-electron chi connectivity index (χ4n) is 2.69. The molecule has 0 amide bonds. The molecule has 2 heterocycles. The van der Waals surface area contributed by atoms with Crippen molar-refractivity contribution in [1.82, 2.24) is 4.90 Å². The third-order valence-electron chi connectivity index (χ3n) is 3.84. The van der Waals surface area contributed by atoms with Crippen LogP contribution in [-0.2, 0) is 10.2 Å². The lowest BCUT2D eigenvalue weighted by molar-refractivity contribution is 0.0614. The van der Waals surface area contributed by atoms with Crippen molar-refractivity contribution >= 4 is 11.3 Å². The van der Waals surface area contributed by atoms with Gasteiger partial charge >= 0.3 is 0 Å². The van der Waals surface area contributed by atoms with Crippen molar-refractivity contribution in [2.45, 2.75) is 51.7 Å². The van der Waals surface area contributed by atoms with Crippen LogP contribution in [0.2, 0.25) is 0 Å². The Hall–Kier alpha value is -0.420. The molecule has 20 heavy (non-hydrogen) atoms. The van der Waals surface area contributed by atoms with Crippen molar-refractivity contribution in [1.29, 1.82) is 0 Å². The summed E-state index contributed by atoms with van der Waals surface area (Å²) < 4.78 is 5.74. The predicted octanol–water partition coefficient (Wildman–Crippen LogP) is 3.16. The molecule has 0 aliphatic carbocycles. The Morgan fingerprint density at radius 2 is 2.20 bits per heavy atom. The molecule has 0 saturated carbocycles. The molecule has 0 aromatic carbocycles. The Kier molecular flexibility index (Phi) is 5.24. The van der Waals surface area contributed by atoms with Crippen LogP contribution in [0, 0.1) is 0 Å². The average Bonchev–Trinajstić information content (AvgIpc) is 2.75. The third-order valence-corrected chi connectivity index (χ3v) is 5.45. The topological polar surface area (TPSA) is 38.5 Å². The van der Waals surface area contributed by atoms with Crippen LogP contribution in [0.4, 0.5) is 0 Å². The van der Waals surface area contributed by atoms with E-state index in [1.807, 2.05) is 11.3 Å². The molecule has 0 bridgehead atoms. The molecule has 1 aliphatic heterocycles. The van der Waals surface area contributed by atoms with E-state index in [2.05, 4.69) is 44.7 Å². The maximum Gasteiger partial charge on any atom is 0.0674 e. The zero-order chi connectivity index (χ0) is 14.8. The first-order valence-electron chi connectivity index (χ1n) is 7.57. The van der Waals surface area contributed by atoms with Crippen LogP contribution < -0.4 is 5.73 Å². The van der Waals surface area contributed by atoms with Crippen molar-refractivity contribution in [3.63, 3.8) is 0 Å². The summed E-state index contributed by atoms with van der Waals surface area (Å²) in [5.74, 6) is 0. The van der Waals surface area contributed by atoms with E-state index in [9.17, 15) is 0 Å². The Balaban J connectivity index is 2.16. The summed E-state index contributed by atoms with van der Waals surface area (Å²) in [7, 11) is 0. The molecule has 2 unspecified atom stereocenters. The van der Waals surface area contributed by atoms with Crippen LogP contribution >= 0.6 is 11.3 Å². The molecule has 2 N–H and O–H groups in total. The van der Waals surface area contributed by atoms with Gasteiger partial charge in [0.2, 0.25) is 0 Å². The van der Waals surface area contributed by atoms with Gasteiger partial charge in [0.15, 0.2) is 0 Å². The van der Waals surface area contributed by atoms with E-state index in [-0.39, 0.29) is 5.41 Å². The number of nitrogens with two attached hydrogens (primary N) is 1. The van der Waals surface area contributed by atoms with Crippen LogP contribution in [0.5, 0.6) is 0 Å². The standard InChI is InChI=1S/C16H28N2OS/c1-12-11-18(8-5-9-19-12)13(10-17)14-6-7-15(20-14)16(2,3)4/h6-7,12-13H,5,8-11,17H2,1-4H3. The van der Waals surface area contributed by atoms with Gasteiger partial charge in [-0.1, -0.05) is 20.8 Å². The Labute approximate surface area is 127 Å². The van der Waals surface area contributed by atoms with Crippen LogP contribution in [0.25, 0.3) is 0 Å². The summed E-state index contributed by atoms with van der Waals surface area (Å²) in [6.07, 6.45) is 1.40. The van der Waals surface area contributed by atoms with Gasteiger partial charge < -0.3 is 10.5 Å². The fraction of sp³-hybridized carbons (Fsp3) is 0.750. The summed E-state index contributed by atoms with van der Waals surface area (Å²) >= 11 is 1.91. The van der Waals surface area contributed by atoms with E-state index in [0.29, 0.717) is 18.7 Å². The number of nitrogens with zero attached hydrogens (tertiary/aromatic N) is 1. The minimum atomic E-state index is 0.219. The van der Waals surface area contributed by atoms with Gasteiger partial charge in [0.25, 0.3) is 0 Å². The molecule has 1 aromatic heterocycles. The lowest BCUT2D eigenvalue weighted by atomic mass is 9.95. The normalized spacial score (nSPS) is 23.6. The van der Waals surface area contributed by atoms with Crippen LogP contribution in [-0.4, -0.2) is 37.2 Å². The predicted molar refractivity (Wildman–Crippen MR) is 86.4 cm³/mol. The van der Waals surface area contributed by atoms with Gasteiger partial charge in [0.05, 0.1) is 12.1 Å². The van der Waals surface area contributed by atoms with Crippen molar-refractivity contribution in [3.8, 4) is 0 Å². The number of ether oxygens (including phenoxy) is 1. The molecule has 0 radical (unpaired) electrons. The van der Waals surface area contributed by atoms with Crippen molar-refractivity contribution in [3.05, 3.63) is 21.9 Å². The lowest BCUT2D eigenvalue weighted by Gasteiger charge is -2.30. The summed E-state index contributed by atoms with van der Waals surface area (Å²) in [5, 5.41) is 0. The zero-order valence-corrected chi connectivity index (χ0v) is 14.0. The summed E-state index contributed by atoms with van der Waals surface area (Å²) in [6, 6.07) is 4.86.